The van der Waals surface area contributed by atoms with E-state index in [1.54, 1.807) is 6.08 Å². The topological polar surface area (TPSA) is 55.4 Å². The minimum Gasteiger partial charge on any atom is -0.459 e. The lowest BCUT2D eigenvalue weighted by molar-refractivity contribution is -0.158. The number of rotatable bonds is 5. The first-order valence-corrected chi connectivity index (χ1v) is 5.84. The van der Waals surface area contributed by atoms with Gasteiger partial charge in [-0.2, -0.15) is 0 Å². The minimum atomic E-state index is -0.529. The zero-order chi connectivity index (χ0) is 13.0. The summed E-state index contributed by atoms with van der Waals surface area (Å²) in [6, 6.07) is 8.90. The number of carbonyl (C=O) groups excluding carboxylic acids is 2. The lowest BCUT2D eigenvalue weighted by Crippen LogP contribution is -2.62. The molecule has 1 aromatic carbocycles. The third-order valence-corrected chi connectivity index (χ3v) is 2.94. The standard InChI is InChI=1S/C14H15NO3/c1-2-6-11-12(15-13(11)16)14(17)18-9-10-7-4-3-5-8-10/h2-5,7-8,11-12H,1,6,9H2,(H,15,16)/t11-,12+/m1/s1. The van der Waals surface area contributed by atoms with Crippen LogP contribution in [0.15, 0.2) is 43.0 Å². The van der Waals surface area contributed by atoms with Gasteiger partial charge in [-0.15, -0.1) is 6.58 Å². The van der Waals surface area contributed by atoms with E-state index in [-0.39, 0.29) is 24.4 Å². The fraction of sp³-hybridized carbons (Fsp3) is 0.286. The van der Waals surface area contributed by atoms with E-state index in [0.29, 0.717) is 6.42 Å². The molecular formula is C14H15NO3. The molecule has 2 rings (SSSR count). The van der Waals surface area contributed by atoms with Crippen LogP contribution < -0.4 is 5.32 Å². The van der Waals surface area contributed by atoms with Crippen LogP contribution in [0.5, 0.6) is 0 Å². The number of amides is 1. The van der Waals surface area contributed by atoms with Gasteiger partial charge in [0.1, 0.15) is 12.6 Å². The number of hydrogen-bond donors (Lipinski definition) is 1. The summed E-state index contributed by atoms with van der Waals surface area (Å²) < 4.78 is 5.17. The molecule has 94 valence electrons. The highest BCUT2D eigenvalue weighted by molar-refractivity contribution is 5.97. The number of hydrogen-bond acceptors (Lipinski definition) is 3. The Morgan fingerprint density at radius 3 is 2.72 bits per heavy atom. The summed E-state index contributed by atoms with van der Waals surface area (Å²) in [5.41, 5.74) is 0.928. The summed E-state index contributed by atoms with van der Waals surface area (Å²) in [7, 11) is 0. The van der Waals surface area contributed by atoms with Crippen LogP contribution in [0.25, 0.3) is 0 Å². The third kappa shape index (κ3) is 2.59. The normalized spacial score (nSPS) is 21.7. The van der Waals surface area contributed by atoms with Crippen LogP contribution in [-0.4, -0.2) is 17.9 Å². The molecule has 0 aromatic heterocycles. The molecule has 1 saturated heterocycles. The van der Waals surface area contributed by atoms with Gasteiger partial charge in [0.2, 0.25) is 5.91 Å². The van der Waals surface area contributed by atoms with Gasteiger partial charge in [-0.25, -0.2) is 4.79 Å². The van der Waals surface area contributed by atoms with E-state index in [1.807, 2.05) is 30.3 Å². The smallest absolute Gasteiger partial charge is 0.329 e. The molecule has 0 unspecified atom stereocenters. The number of nitrogens with one attached hydrogen (secondary N) is 1. The average Bonchev–Trinajstić information content (AvgIpc) is 2.40. The summed E-state index contributed by atoms with van der Waals surface area (Å²) in [6.07, 6.45) is 2.14. The largest absolute Gasteiger partial charge is 0.459 e. The zero-order valence-corrected chi connectivity index (χ0v) is 9.96. The first-order valence-electron chi connectivity index (χ1n) is 5.84. The Balaban J connectivity index is 1.85. The van der Waals surface area contributed by atoms with Crippen molar-refractivity contribution in [3.63, 3.8) is 0 Å². The van der Waals surface area contributed by atoms with Crippen molar-refractivity contribution in [2.75, 3.05) is 0 Å². The predicted molar refractivity (Wildman–Crippen MR) is 66.5 cm³/mol. The Hall–Kier alpha value is -2.10. The molecule has 4 heteroatoms. The average molecular weight is 245 g/mol. The lowest BCUT2D eigenvalue weighted by atomic mass is 9.87. The van der Waals surface area contributed by atoms with E-state index in [4.69, 9.17) is 4.74 Å². The molecular weight excluding hydrogens is 230 g/mol. The molecule has 0 bridgehead atoms. The number of esters is 1. The van der Waals surface area contributed by atoms with Gasteiger partial charge in [-0.3, -0.25) is 4.79 Å². The summed E-state index contributed by atoms with van der Waals surface area (Å²) in [4.78, 5) is 23.0. The molecule has 2 atom stereocenters. The van der Waals surface area contributed by atoms with Crippen LogP contribution in [0.1, 0.15) is 12.0 Å². The summed E-state index contributed by atoms with van der Waals surface area (Å²) in [6.45, 7) is 3.80. The molecule has 0 radical (unpaired) electrons. The quantitative estimate of drug-likeness (QED) is 0.485. The van der Waals surface area contributed by atoms with Crippen LogP contribution in [0.2, 0.25) is 0 Å². The van der Waals surface area contributed by atoms with Crippen LogP contribution in [0.4, 0.5) is 0 Å². The third-order valence-electron chi connectivity index (χ3n) is 2.94. The van der Waals surface area contributed by atoms with E-state index in [9.17, 15) is 9.59 Å². The fourth-order valence-electron chi connectivity index (χ4n) is 1.88. The van der Waals surface area contributed by atoms with E-state index in [2.05, 4.69) is 11.9 Å². The molecule has 0 spiro atoms. The molecule has 1 heterocycles. The Kier molecular flexibility index (Phi) is 3.77. The minimum absolute atomic E-state index is 0.114. The molecule has 1 amide bonds. The maximum atomic E-state index is 11.8. The molecule has 1 fully saturated rings. The second-order valence-corrected chi connectivity index (χ2v) is 4.21. The van der Waals surface area contributed by atoms with Gasteiger partial charge in [0.15, 0.2) is 0 Å². The van der Waals surface area contributed by atoms with E-state index in [1.165, 1.54) is 0 Å². The van der Waals surface area contributed by atoms with Gasteiger partial charge in [0.25, 0.3) is 0 Å². The maximum absolute atomic E-state index is 11.8. The van der Waals surface area contributed by atoms with E-state index in [0.717, 1.165) is 5.56 Å². The number of benzene rings is 1. The highest BCUT2D eigenvalue weighted by Crippen LogP contribution is 2.20. The van der Waals surface area contributed by atoms with Crippen molar-refractivity contribution in [2.24, 2.45) is 5.92 Å². The van der Waals surface area contributed by atoms with Gasteiger partial charge in [0, 0.05) is 0 Å². The molecule has 1 aromatic rings. The van der Waals surface area contributed by atoms with Crippen LogP contribution in [0, 0.1) is 5.92 Å². The molecule has 1 aliphatic heterocycles. The summed E-state index contributed by atoms with van der Waals surface area (Å²) in [5.74, 6) is -0.826. The Morgan fingerprint density at radius 2 is 2.11 bits per heavy atom. The van der Waals surface area contributed by atoms with Crippen molar-refractivity contribution >= 4 is 11.9 Å². The molecule has 0 aliphatic carbocycles. The summed E-state index contributed by atoms with van der Waals surface area (Å²) in [5, 5.41) is 2.55. The zero-order valence-electron chi connectivity index (χ0n) is 9.96. The molecule has 1 aliphatic rings. The first kappa shape index (κ1) is 12.4. The Bertz CT molecular complexity index is 455. The van der Waals surface area contributed by atoms with E-state index >= 15 is 0 Å². The van der Waals surface area contributed by atoms with Crippen LogP contribution >= 0.6 is 0 Å². The Morgan fingerprint density at radius 1 is 1.39 bits per heavy atom. The SMILES string of the molecule is C=CC[C@H]1C(=O)N[C@@H]1C(=O)OCc1ccccc1. The number of allylic oxidation sites excluding steroid dienone is 1. The Labute approximate surface area is 106 Å². The molecule has 0 saturated carbocycles. The van der Waals surface area contributed by atoms with Gasteiger partial charge in [-0.1, -0.05) is 36.4 Å². The van der Waals surface area contributed by atoms with Crippen molar-refractivity contribution in [1.29, 1.82) is 0 Å². The first-order chi connectivity index (χ1) is 8.72. The van der Waals surface area contributed by atoms with E-state index < -0.39 is 6.04 Å². The van der Waals surface area contributed by atoms with Gasteiger partial charge < -0.3 is 10.1 Å². The number of carbonyl (C=O) groups is 2. The van der Waals surface area contributed by atoms with Gasteiger partial charge >= 0.3 is 5.97 Å². The van der Waals surface area contributed by atoms with Crippen molar-refractivity contribution in [2.45, 2.75) is 19.1 Å². The van der Waals surface area contributed by atoms with Gasteiger partial charge in [-0.05, 0) is 12.0 Å². The molecule has 4 nitrogen and oxygen atoms in total. The second-order valence-electron chi connectivity index (χ2n) is 4.21. The number of β-lactam (4-membered cyclic amide) rings is 1. The van der Waals surface area contributed by atoms with Crippen LogP contribution in [-0.2, 0) is 20.9 Å². The van der Waals surface area contributed by atoms with Crippen molar-refractivity contribution in [3.8, 4) is 0 Å². The fourth-order valence-corrected chi connectivity index (χ4v) is 1.88. The van der Waals surface area contributed by atoms with Gasteiger partial charge in [0.05, 0.1) is 5.92 Å². The lowest BCUT2D eigenvalue weighted by Gasteiger charge is -2.34. The predicted octanol–water partition coefficient (Wildman–Crippen LogP) is 1.42. The highest BCUT2D eigenvalue weighted by atomic mass is 16.5. The monoisotopic (exact) mass is 245 g/mol. The maximum Gasteiger partial charge on any atom is 0.329 e. The van der Waals surface area contributed by atoms with Crippen molar-refractivity contribution in [1.82, 2.24) is 5.32 Å². The second kappa shape index (κ2) is 5.49. The molecule has 1 N–H and O–H groups in total. The van der Waals surface area contributed by atoms with Crippen molar-refractivity contribution < 1.29 is 14.3 Å². The number of ether oxygens (including phenoxy) is 1. The highest BCUT2D eigenvalue weighted by Gasteiger charge is 2.44. The van der Waals surface area contributed by atoms with Crippen LogP contribution in [0.3, 0.4) is 0 Å². The van der Waals surface area contributed by atoms with Crippen molar-refractivity contribution in [3.05, 3.63) is 48.6 Å². The molecule has 18 heavy (non-hydrogen) atoms. The summed E-state index contributed by atoms with van der Waals surface area (Å²) >= 11 is 0.